The smallest absolute Gasteiger partial charge is 0.408 e. The molecule has 0 aliphatic rings. The van der Waals surface area contributed by atoms with Crippen LogP contribution in [0.2, 0.25) is 0 Å². The number of nitriles is 1. The third kappa shape index (κ3) is 2.25. The Labute approximate surface area is 102 Å². The van der Waals surface area contributed by atoms with Gasteiger partial charge in [0, 0.05) is 11.8 Å². The number of fused-ring (bicyclic) bond motifs is 1. The highest BCUT2D eigenvalue weighted by Crippen LogP contribution is 2.17. The summed E-state index contributed by atoms with van der Waals surface area (Å²) in [6.45, 7) is 1.77. The molecule has 0 radical (unpaired) electrons. The zero-order valence-corrected chi connectivity index (χ0v) is 9.69. The van der Waals surface area contributed by atoms with Crippen molar-refractivity contribution in [3.63, 3.8) is 0 Å². The largest absolute Gasteiger partial charge is 0.417 e. The summed E-state index contributed by atoms with van der Waals surface area (Å²) in [5, 5.41) is 11.4. The molecule has 1 atom stereocenters. The Bertz CT molecular complexity index is 678. The van der Waals surface area contributed by atoms with Gasteiger partial charge in [0.2, 0.25) is 5.91 Å². The number of anilines is 1. The maximum absolute atomic E-state index is 11.7. The Morgan fingerprint density at radius 2 is 2.39 bits per heavy atom. The van der Waals surface area contributed by atoms with E-state index in [4.69, 9.17) is 9.68 Å². The molecule has 6 heteroatoms. The third-order valence-electron chi connectivity index (χ3n) is 2.57. The summed E-state index contributed by atoms with van der Waals surface area (Å²) in [6.07, 6.45) is 0.448. The molecular weight excluding hydrogens is 234 g/mol. The molecule has 0 saturated carbocycles. The molecule has 0 saturated heterocycles. The molecule has 6 nitrogen and oxygen atoms in total. The monoisotopic (exact) mass is 245 g/mol. The lowest BCUT2D eigenvalue weighted by molar-refractivity contribution is -0.118. The molecule has 1 heterocycles. The first-order valence-electron chi connectivity index (χ1n) is 5.47. The number of aromatic nitrogens is 1. The summed E-state index contributed by atoms with van der Waals surface area (Å²) in [5.74, 6) is -1.59. The van der Waals surface area contributed by atoms with Crippen LogP contribution < -0.4 is 11.1 Å². The van der Waals surface area contributed by atoms with Gasteiger partial charge in [-0.3, -0.25) is 9.78 Å². The van der Waals surface area contributed by atoms with Crippen LogP contribution >= 0.6 is 0 Å². The van der Waals surface area contributed by atoms with Gasteiger partial charge in [0.05, 0.1) is 11.6 Å². The minimum absolute atomic E-state index is 0.364. The molecular formula is C12H11N3O3. The van der Waals surface area contributed by atoms with E-state index in [0.717, 1.165) is 0 Å². The predicted molar refractivity (Wildman–Crippen MR) is 64.9 cm³/mol. The highest BCUT2D eigenvalue weighted by molar-refractivity contribution is 5.95. The molecule has 2 N–H and O–H groups in total. The minimum atomic E-state index is -0.682. The molecule has 1 amide bonds. The lowest BCUT2D eigenvalue weighted by Crippen LogP contribution is -2.20. The van der Waals surface area contributed by atoms with Gasteiger partial charge in [-0.25, -0.2) is 4.79 Å². The van der Waals surface area contributed by atoms with Gasteiger partial charge in [0.1, 0.15) is 5.92 Å². The number of amides is 1. The van der Waals surface area contributed by atoms with Crippen molar-refractivity contribution < 1.29 is 9.21 Å². The van der Waals surface area contributed by atoms with E-state index in [9.17, 15) is 9.59 Å². The number of carbonyl (C=O) groups excluding carboxylic acids is 1. The molecule has 1 aromatic heterocycles. The number of nitrogens with zero attached hydrogens (tertiary/aromatic N) is 1. The standard InChI is InChI=1S/C12H11N3O3/c1-2-7(6-13)11(16)14-8-3-4-9-10(5-8)18-12(17)15-9/h3-5,7H,2H2,1H3,(H,14,16)(H,15,17). The van der Waals surface area contributed by atoms with Crippen LogP contribution in [0.15, 0.2) is 27.4 Å². The second-order valence-corrected chi connectivity index (χ2v) is 3.80. The lowest BCUT2D eigenvalue weighted by atomic mass is 10.1. The minimum Gasteiger partial charge on any atom is -0.408 e. The fourth-order valence-corrected chi connectivity index (χ4v) is 1.59. The van der Waals surface area contributed by atoms with E-state index < -0.39 is 11.7 Å². The van der Waals surface area contributed by atoms with Gasteiger partial charge in [0.15, 0.2) is 5.58 Å². The Kier molecular flexibility index (Phi) is 3.15. The third-order valence-corrected chi connectivity index (χ3v) is 2.57. The Morgan fingerprint density at radius 3 is 3.06 bits per heavy atom. The lowest BCUT2D eigenvalue weighted by Gasteiger charge is -2.07. The van der Waals surface area contributed by atoms with Crippen molar-refractivity contribution >= 4 is 22.7 Å². The van der Waals surface area contributed by atoms with Crippen LogP contribution in [0.25, 0.3) is 11.1 Å². The van der Waals surface area contributed by atoms with Crippen molar-refractivity contribution in [2.45, 2.75) is 13.3 Å². The molecule has 0 spiro atoms. The first-order chi connectivity index (χ1) is 8.63. The highest BCUT2D eigenvalue weighted by Gasteiger charge is 2.15. The van der Waals surface area contributed by atoms with Gasteiger partial charge in [0.25, 0.3) is 0 Å². The van der Waals surface area contributed by atoms with Crippen LogP contribution in [0.3, 0.4) is 0 Å². The van der Waals surface area contributed by atoms with Crippen molar-refractivity contribution in [3.05, 3.63) is 28.7 Å². The maximum atomic E-state index is 11.7. The topological polar surface area (TPSA) is 98.9 Å². The number of carbonyl (C=O) groups is 1. The van der Waals surface area contributed by atoms with Crippen LogP contribution in [0.5, 0.6) is 0 Å². The number of benzene rings is 1. The molecule has 1 aromatic carbocycles. The van der Waals surface area contributed by atoms with Crippen molar-refractivity contribution in [2.24, 2.45) is 5.92 Å². The highest BCUT2D eigenvalue weighted by atomic mass is 16.4. The number of oxazole rings is 1. The number of H-pyrrole nitrogens is 1. The molecule has 1 unspecified atom stereocenters. The average Bonchev–Trinajstić information content (AvgIpc) is 2.70. The quantitative estimate of drug-likeness (QED) is 0.857. The van der Waals surface area contributed by atoms with Crippen molar-refractivity contribution in [3.8, 4) is 6.07 Å². The van der Waals surface area contributed by atoms with Crippen LogP contribution in [0.1, 0.15) is 13.3 Å². The van der Waals surface area contributed by atoms with Crippen molar-refractivity contribution in [1.82, 2.24) is 4.98 Å². The van der Waals surface area contributed by atoms with E-state index >= 15 is 0 Å². The number of rotatable bonds is 3. The number of hydrogen-bond acceptors (Lipinski definition) is 4. The second-order valence-electron chi connectivity index (χ2n) is 3.80. The van der Waals surface area contributed by atoms with Crippen molar-refractivity contribution in [1.29, 1.82) is 5.26 Å². The Hall–Kier alpha value is -2.55. The number of hydrogen-bond donors (Lipinski definition) is 2. The Balaban J connectivity index is 2.24. The van der Waals surface area contributed by atoms with E-state index in [1.807, 2.05) is 6.07 Å². The molecule has 0 fully saturated rings. The molecule has 0 aliphatic heterocycles. The van der Waals surface area contributed by atoms with Gasteiger partial charge in [-0.1, -0.05) is 6.92 Å². The number of aromatic amines is 1. The summed E-state index contributed by atoms with van der Waals surface area (Å²) in [7, 11) is 0. The van der Waals surface area contributed by atoms with Crippen LogP contribution in [-0.4, -0.2) is 10.9 Å². The van der Waals surface area contributed by atoms with E-state index in [1.165, 1.54) is 6.07 Å². The van der Waals surface area contributed by atoms with E-state index in [-0.39, 0.29) is 5.91 Å². The summed E-state index contributed by atoms with van der Waals surface area (Å²) in [5.41, 5.74) is 1.41. The van der Waals surface area contributed by atoms with E-state index in [1.54, 1.807) is 19.1 Å². The molecule has 2 aromatic rings. The number of nitrogens with one attached hydrogen (secondary N) is 2. The van der Waals surface area contributed by atoms with Crippen LogP contribution in [-0.2, 0) is 4.79 Å². The summed E-state index contributed by atoms with van der Waals surface area (Å²) < 4.78 is 4.88. The van der Waals surface area contributed by atoms with Gasteiger partial charge in [-0.05, 0) is 18.6 Å². The van der Waals surface area contributed by atoms with Gasteiger partial charge in [-0.15, -0.1) is 0 Å². The molecule has 18 heavy (non-hydrogen) atoms. The molecule has 0 aliphatic carbocycles. The summed E-state index contributed by atoms with van der Waals surface area (Å²) in [6, 6.07) is 6.72. The van der Waals surface area contributed by atoms with Gasteiger partial charge >= 0.3 is 5.76 Å². The first-order valence-corrected chi connectivity index (χ1v) is 5.47. The SMILES string of the molecule is CCC(C#N)C(=O)Nc1ccc2[nH]c(=O)oc2c1. The normalized spacial score (nSPS) is 12.0. The van der Waals surface area contributed by atoms with Crippen molar-refractivity contribution in [2.75, 3.05) is 5.32 Å². The molecule has 92 valence electrons. The Morgan fingerprint density at radius 1 is 1.61 bits per heavy atom. The van der Waals surface area contributed by atoms with E-state index in [0.29, 0.717) is 23.2 Å². The van der Waals surface area contributed by atoms with Crippen LogP contribution in [0, 0.1) is 17.2 Å². The summed E-state index contributed by atoms with van der Waals surface area (Å²) in [4.78, 5) is 25.1. The fourth-order valence-electron chi connectivity index (χ4n) is 1.59. The van der Waals surface area contributed by atoms with Crippen LogP contribution in [0.4, 0.5) is 5.69 Å². The first kappa shape index (κ1) is 11.9. The molecule has 0 bridgehead atoms. The predicted octanol–water partition coefficient (Wildman–Crippen LogP) is 1.61. The maximum Gasteiger partial charge on any atom is 0.417 e. The fraction of sp³-hybridized carbons (Fsp3) is 0.250. The summed E-state index contributed by atoms with van der Waals surface area (Å²) >= 11 is 0. The zero-order chi connectivity index (χ0) is 13.1. The second kappa shape index (κ2) is 4.75. The average molecular weight is 245 g/mol. The zero-order valence-electron chi connectivity index (χ0n) is 9.69. The molecule has 2 rings (SSSR count). The van der Waals surface area contributed by atoms with E-state index in [2.05, 4.69) is 10.3 Å². The van der Waals surface area contributed by atoms with Gasteiger partial charge < -0.3 is 9.73 Å². The van der Waals surface area contributed by atoms with Gasteiger partial charge in [-0.2, -0.15) is 5.26 Å².